The lowest BCUT2D eigenvalue weighted by atomic mass is 9.73. The molecule has 5 fully saturated rings. The molecule has 0 saturated carbocycles. The first-order chi connectivity index (χ1) is 40.6. The maximum Gasteiger partial charge on any atom is 0.407 e. The number of alkyl carbamates (subject to hydrolysis) is 1. The van der Waals surface area contributed by atoms with Crippen molar-refractivity contribution in [3.63, 3.8) is 0 Å². The lowest BCUT2D eigenvalue weighted by Crippen LogP contribution is -2.55. The zero-order valence-electron chi connectivity index (χ0n) is 49.2. The van der Waals surface area contributed by atoms with Gasteiger partial charge in [0, 0.05) is 74.6 Å². The van der Waals surface area contributed by atoms with Crippen LogP contribution in [0.25, 0.3) is 27.5 Å². The molecule has 8 aliphatic rings. The Bertz CT molecular complexity index is 3480. The highest BCUT2D eigenvalue weighted by Gasteiger charge is 2.51. The first-order valence-electron chi connectivity index (χ1n) is 30.0. The average Bonchev–Trinajstić information content (AvgIpc) is 2.77. The Morgan fingerprint density at radius 2 is 1.45 bits per heavy atom. The highest BCUT2D eigenvalue weighted by atomic mass is 16.6. The second-order valence-electron chi connectivity index (χ2n) is 25.3. The zero-order chi connectivity index (χ0) is 58.1. The SMILES string of the molecule is C[C@@H]1OCC2(CCN(c3cnc4c(n3)CN=C4N3CC[C@H](C)c4nc(-c5ncon5)ccc43)CC2)[C@@H]1N.[C-]#[N+]c1ccc2c(n1)[C@@H](C)CCN2c1nn(C2CCCCO2)c2nc(N3CCC4(CC3)CO[C@@H](C)[C@H]4NC(=O)OC(C)(C)C)cnc12. The predicted molar refractivity (Wildman–Crippen MR) is 315 cm³/mol. The number of nitrogens with two attached hydrogens (primary N) is 1. The lowest BCUT2D eigenvalue weighted by molar-refractivity contribution is -0.0368. The van der Waals surface area contributed by atoms with Crippen LogP contribution in [-0.2, 0) is 25.5 Å². The van der Waals surface area contributed by atoms with Crippen LogP contribution in [0.15, 0.2) is 52.6 Å². The minimum absolute atomic E-state index is 0.0901. The summed E-state index contributed by atoms with van der Waals surface area (Å²) in [6.45, 7) is 29.1. The van der Waals surface area contributed by atoms with Crippen LogP contribution in [-0.4, -0.2) is 151 Å². The molecule has 24 nitrogen and oxygen atoms in total. The smallest absolute Gasteiger partial charge is 0.407 e. The minimum Gasteiger partial charge on any atom is -0.444 e. The molecule has 7 atom stereocenters. The fourth-order valence-electron chi connectivity index (χ4n) is 13.8. The summed E-state index contributed by atoms with van der Waals surface area (Å²) < 4.78 is 30.6. The maximum absolute atomic E-state index is 12.7. The van der Waals surface area contributed by atoms with Gasteiger partial charge in [-0.1, -0.05) is 25.6 Å². The van der Waals surface area contributed by atoms with Gasteiger partial charge < -0.3 is 59.0 Å². The number of carbonyl (C=O) groups is 1. The molecule has 6 aromatic heterocycles. The summed E-state index contributed by atoms with van der Waals surface area (Å²) in [5, 5.41) is 12.2. The van der Waals surface area contributed by atoms with Gasteiger partial charge in [0.15, 0.2) is 34.7 Å². The van der Waals surface area contributed by atoms with E-state index in [-0.39, 0.29) is 47.3 Å². The number of hydrogen-bond acceptors (Lipinski definition) is 21. The Hall–Kier alpha value is -7.46. The molecule has 442 valence electrons. The van der Waals surface area contributed by atoms with Gasteiger partial charge in [-0.2, -0.15) is 4.98 Å². The molecular formula is C60H76N18O6. The van der Waals surface area contributed by atoms with Gasteiger partial charge in [-0.25, -0.2) is 34.4 Å². The molecule has 84 heavy (non-hydrogen) atoms. The molecule has 14 heterocycles. The third kappa shape index (κ3) is 10.3. The number of carbonyl (C=O) groups excluding carboxylic acids is 1. The van der Waals surface area contributed by atoms with Gasteiger partial charge in [0.05, 0.1) is 73.2 Å². The molecule has 24 heteroatoms. The Morgan fingerprint density at radius 3 is 2.14 bits per heavy atom. The number of hydrogen-bond donors (Lipinski definition) is 2. The van der Waals surface area contributed by atoms with Gasteiger partial charge in [-0.15, -0.1) is 10.1 Å². The zero-order valence-corrected chi connectivity index (χ0v) is 49.2. The van der Waals surface area contributed by atoms with Gasteiger partial charge in [0.25, 0.3) is 5.82 Å². The normalized spacial score (nSPS) is 26.1. The minimum atomic E-state index is -0.565. The number of anilines is 5. The van der Waals surface area contributed by atoms with Crippen molar-refractivity contribution in [1.29, 1.82) is 0 Å². The van der Waals surface area contributed by atoms with E-state index in [0.29, 0.717) is 48.7 Å². The van der Waals surface area contributed by atoms with Crippen molar-refractivity contribution in [2.45, 2.75) is 161 Å². The largest absolute Gasteiger partial charge is 0.444 e. The van der Waals surface area contributed by atoms with Crippen molar-refractivity contribution in [3.05, 3.63) is 77.2 Å². The monoisotopic (exact) mass is 1140 g/mol. The summed E-state index contributed by atoms with van der Waals surface area (Å²) in [7, 11) is 0. The summed E-state index contributed by atoms with van der Waals surface area (Å²) in [6.07, 6.45) is 13.0. The van der Waals surface area contributed by atoms with Crippen LogP contribution in [0.1, 0.15) is 147 Å². The lowest BCUT2D eigenvalue weighted by Gasteiger charge is -2.42. The molecule has 0 bridgehead atoms. The molecule has 6 aromatic rings. The third-order valence-corrected chi connectivity index (χ3v) is 18.8. The quantitative estimate of drug-likeness (QED) is 0.148. The number of fused-ring (bicyclic) bond motifs is 4. The van der Waals surface area contributed by atoms with Crippen LogP contribution < -0.4 is 30.7 Å². The maximum atomic E-state index is 12.7. The van der Waals surface area contributed by atoms with Crippen LogP contribution >= 0.6 is 0 Å². The number of aromatic nitrogens is 10. The average molecular weight is 1150 g/mol. The molecule has 0 aromatic carbocycles. The third-order valence-electron chi connectivity index (χ3n) is 18.8. The Balaban J connectivity index is 0.000000161. The van der Waals surface area contributed by atoms with Crippen LogP contribution in [0.2, 0.25) is 0 Å². The van der Waals surface area contributed by atoms with Gasteiger partial charge in [0.1, 0.15) is 28.6 Å². The molecule has 8 aliphatic heterocycles. The van der Waals surface area contributed by atoms with E-state index < -0.39 is 11.7 Å². The van der Waals surface area contributed by atoms with Crippen LogP contribution in [0.5, 0.6) is 0 Å². The number of rotatable bonds is 6. The second kappa shape index (κ2) is 22.2. The van der Waals surface area contributed by atoms with Crippen LogP contribution in [0.4, 0.5) is 39.4 Å². The molecule has 1 unspecified atom stereocenters. The molecule has 0 aliphatic carbocycles. The Morgan fingerprint density at radius 1 is 0.774 bits per heavy atom. The highest BCUT2D eigenvalue weighted by molar-refractivity contribution is 6.11. The van der Waals surface area contributed by atoms with Gasteiger partial charge in [-0.05, 0) is 117 Å². The van der Waals surface area contributed by atoms with E-state index >= 15 is 0 Å². The fraction of sp³-hybridized carbons (Fsp3) is 0.600. The topological polar surface area (TPSA) is 256 Å². The Labute approximate surface area is 489 Å². The van der Waals surface area contributed by atoms with E-state index in [0.717, 1.165) is 167 Å². The van der Waals surface area contributed by atoms with E-state index in [1.807, 2.05) is 56.9 Å². The number of piperidine rings is 2. The number of amides is 1. The van der Waals surface area contributed by atoms with Crippen LogP contribution in [0.3, 0.4) is 0 Å². The number of ether oxygens (including phenoxy) is 4. The van der Waals surface area contributed by atoms with Crippen molar-refractivity contribution >= 4 is 57.7 Å². The van der Waals surface area contributed by atoms with E-state index in [4.69, 9.17) is 70.8 Å². The standard InChI is InChI=1S/C34H45N9O4.C26H31N9O2/c1-21-12-15-42(23-10-11-24(35-6)37-27(21)23)31-28-30(43(40-31)26-9-7-8-18-45-26)38-25(19-36-28)41-16-13-34(14-17-41)20-46-22(2)29(34)39-32(44)47-33(3,4)5;1-15-5-8-35(19-4-3-17(32-21(15)19)24-30-14-37-33-24)25-22-18(11-29-25)31-20(12-28-22)34-9-6-26(7-10-34)13-36-16(2)23(26)27/h10-11,19,21-22,26,29H,7-9,12-18,20H2,1-5H3,(H,39,44);3-4,12,14-16,23H,5-11,13,27H2,1-2H3/t21-,22-,26?,29+;15-,16-,23+/m00/s1. The van der Waals surface area contributed by atoms with E-state index in [2.05, 4.69) is 71.7 Å². The molecule has 5 saturated heterocycles. The van der Waals surface area contributed by atoms with Crippen LogP contribution in [0, 0.1) is 17.4 Å². The van der Waals surface area contributed by atoms with E-state index in [1.54, 1.807) is 6.07 Å². The summed E-state index contributed by atoms with van der Waals surface area (Å²) in [5.74, 6) is 4.79. The van der Waals surface area contributed by atoms with E-state index in [9.17, 15) is 4.79 Å². The van der Waals surface area contributed by atoms with Crippen molar-refractivity contribution in [2.24, 2.45) is 21.6 Å². The summed E-state index contributed by atoms with van der Waals surface area (Å²) in [6, 6.07) is 7.74. The number of amidine groups is 1. The van der Waals surface area contributed by atoms with Gasteiger partial charge >= 0.3 is 6.09 Å². The molecule has 2 spiro atoms. The number of aliphatic imine (C=N–C) groups is 1. The molecule has 1 amide bonds. The summed E-state index contributed by atoms with van der Waals surface area (Å²) in [5.41, 5.74) is 13.7. The van der Waals surface area contributed by atoms with Gasteiger partial charge in [-0.3, -0.25) is 4.99 Å². The summed E-state index contributed by atoms with van der Waals surface area (Å²) >= 11 is 0. The van der Waals surface area contributed by atoms with Gasteiger partial charge in [0.2, 0.25) is 12.2 Å². The molecule has 0 radical (unpaired) electrons. The van der Waals surface area contributed by atoms with Crippen molar-refractivity contribution in [1.82, 2.24) is 55.1 Å². The molecular weight excluding hydrogens is 1070 g/mol. The van der Waals surface area contributed by atoms with Crippen molar-refractivity contribution in [3.8, 4) is 11.5 Å². The number of pyridine rings is 2. The summed E-state index contributed by atoms with van der Waals surface area (Å²) in [4.78, 5) is 64.0. The van der Waals surface area contributed by atoms with E-state index in [1.165, 1.54) is 6.39 Å². The number of nitrogens with one attached hydrogen (secondary N) is 1. The molecule has 14 rings (SSSR count). The van der Waals surface area contributed by atoms with Crippen molar-refractivity contribution < 1.29 is 28.3 Å². The second-order valence-corrected chi connectivity index (χ2v) is 25.3. The highest BCUT2D eigenvalue weighted by Crippen LogP contribution is 2.46. The fourth-order valence-corrected chi connectivity index (χ4v) is 13.8. The first-order valence-corrected chi connectivity index (χ1v) is 30.0. The first kappa shape index (κ1) is 55.7. The predicted octanol–water partition coefficient (Wildman–Crippen LogP) is 8.54. The molecule has 3 N–H and O–H groups in total. The van der Waals surface area contributed by atoms with Crippen molar-refractivity contribution in [2.75, 3.05) is 78.7 Å². The number of nitrogens with zero attached hydrogens (tertiary/aromatic N) is 16. The Kier molecular flexibility index (Phi) is 14.7.